The first kappa shape index (κ1) is 22.7. The molecule has 0 saturated carbocycles. The van der Waals surface area contributed by atoms with Gasteiger partial charge in [-0.15, -0.1) is 0 Å². The van der Waals surface area contributed by atoms with Crippen LogP contribution in [0.1, 0.15) is 16.4 Å². The van der Waals surface area contributed by atoms with Crippen molar-refractivity contribution in [1.82, 2.24) is 4.57 Å². The lowest BCUT2D eigenvalue weighted by Gasteiger charge is -2.26. The molecule has 0 spiro atoms. The molecule has 9 aromatic carbocycles. The Balaban J connectivity index is 1.16. The third kappa shape index (κ3) is 6.14. The molecule has 0 N–H and O–H groups in total. The highest BCUT2D eigenvalue weighted by molar-refractivity contribution is 6.09. The summed E-state index contributed by atoms with van der Waals surface area (Å²) in [7, 11) is 0. The minimum Gasteiger partial charge on any atom is -0.311 e. The largest absolute Gasteiger partial charge is 0.311 e. The van der Waals surface area contributed by atoms with E-state index in [0.29, 0.717) is 16.7 Å². The number of hydrogen-bond acceptors (Lipinski definition) is 1. The Kier molecular flexibility index (Phi) is 5.85. The van der Waals surface area contributed by atoms with E-state index in [4.69, 9.17) is 5.48 Å². The van der Waals surface area contributed by atoms with Crippen LogP contribution in [0.15, 0.2) is 230 Å². The van der Waals surface area contributed by atoms with Gasteiger partial charge in [0.1, 0.15) is 0 Å². The molecule has 0 fully saturated rings. The average molecular weight is 727 g/mol. The second-order valence-electron chi connectivity index (χ2n) is 13.2. The number of para-hydroxylation sites is 3. The standard InChI is InChI=1S/C54H38N2/c1-3-13-39(14-4-1)42-27-33-46(34-28-42)55(47-35-29-43(30-36-47)40-15-5-2-6-16-40)48-37-31-44(32-38-48)41-23-25-45(26-24-41)49-17-7-10-20-52(49)56-53-21-11-8-18-50(53)51-19-9-12-22-54(51)56/h1-38H/i27D,28D,29D,30D,31D,32D,33D,34D,35D,36D,37D,38D. The smallest absolute Gasteiger partial charge is 0.0645 e. The highest BCUT2D eigenvalue weighted by atomic mass is 15.1. The third-order valence-electron chi connectivity index (χ3n) is 9.84. The molecule has 10 aromatic rings. The average Bonchev–Trinajstić information content (AvgIpc) is 3.70. The molecule has 10 rings (SSSR count). The lowest BCUT2D eigenvalue weighted by molar-refractivity contribution is 1.18. The van der Waals surface area contributed by atoms with Gasteiger partial charge in [-0.05, 0) is 93.4 Å². The summed E-state index contributed by atoms with van der Waals surface area (Å²) >= 11 is 0. The Bertz CT molecular complexity index is 3400. The second kappa shape index (κ2) is 14.4. The van der Waals surface area contributed by atoms with E-state index in [0.717, 1.165) is 43.5 Å². The SMILES string of the molecule is [2H]c1c([2H])c(N(c2c([2H])c([2H])c(-c3ccccc3)c([2H])c2[2H])c2c([2H])c([2H])c(-c3ccc(-c4ccccc4-n4c5ccccc5c5ccccc54)cc3)c([2H])c2[2H])c([2H])c([2H])c1-c1ccccc1. The molecular weight excluding hydrogens is 677 g/mol. The molecule has 0 amide bonds. The van der Waals surface area contributed by atoms with E-state index in [1.54, 1.807) is 72.8 Å². The highest BCUT2D eigenvalue weighted by Gasteiger charge is 2.16. The third-order valence-corrected chi connectivity index (χ3v) is 9.84. The van der Waals surface area contributed by atoms with Gasteiger partial charge in [-0.3, -0.25) is 0 Å². The molecule has 2 heteroatoms. The predicted octanol–water partition coefficient (Wildman–Crippen LogP) is 14.9. The van der Waals surface area contributed by atoms with Crippen LogP contribution in [0.4, 0.5) is 17.1 Å². The molecule has 264 valence electrons. The molecule has 56 heavy (non-hydrogen) atoms. The van der Waals surface area contributed by atoms with Crippen molar-refractivity contribution < 1.29 is 16.4 Å². The topological polar surface area (TPSA) is 8.17 Å². The second-order valence-corrected chi connectivity index (χ2v) is 13.2. The predicted molar refractivity (Wildman–Crippen MR) is 237 cm³/mol. The fourth-order valence-electron chi connectivity index (χ4n) is 7.14. The maximum atomic E-state index is 9.55. The van der Waals surface area contributed by atoms with E-state index < -0.39 is 89.6 Å². The van der Waals surface area contributed by atoms with Gasteiger partial charge in [0.05, 0.1) is 33.2 Å². The van der Waals surface area contributed by atoms with Crippen LogP contribution in [0, 0.1) is 0 Å². The summed E-state index contributed by atoms with van der Waals surface area (Å²) in [6.45, 7) is 0. The minimum atomic E-state index is -0.671. The van der Waals surface area contributed by atoms with Gasteiger partial charge in [0, 0.05) is 33.4 Å². The monoisotopic (exact) mass is 726 g/mol. The lowest BCUT2D eigenvalue weighted by Crippen LogP contribution is -2.09. The van der Waals surface area contributed by atoms with Gasteiger partial charge in [-0.25, -0.2) is 0 Å². The molecule has 0 aliphatic heterocycles. The number of aromatic nitrogens is 1. The van der Waals surface area contributed by atoms with Gasteiger partial charge in [0.25, 0.3) is 0 Å². The van der Waals surface area contributed by atoms with Crippen molar-refractivity contribution in [2.24, 2.45) is 0 Å². The van der Waals surface area contributed by atoms with Crippen molar-refractivity contribution in [2.75, 3.05) is 4.90 Å². The van der Waals surface area contributed by atoms with E-state index in [2.05, 4.69) is 34.9 Å². The van der Waals surface area contributed by atoms with Crippen molar-refractivity contribution in [3.05, 3.63) is 230 Å². The van der Waals surface area contributed by atoms with Gasteiger partial charge < -0.3 is 9.47 Å². The quantitative estimate of drug-likeness (QED) is 0.151. The maximum Gasteiger partial charge on any atom is 0.0645 e. The molecule has 0 aliphatic rings. The van der Waals surface area contributed by atoms with Gasteiger partial charge >= 0.3 is 0 Å². The molecule has 1 heterocycles. The van der Waals surface area contributed by atoms with Crippen LogP contribution >= 0.6 is 0 Å². The van der Waals surface area contributed by atoms with Crippen molar-refractivity contribution in [3.63, 3.8) is 0 Å². The van der Waals surface area contributed by atoms with Gasteiger partial charge in [-0.1, -0.05) is 176 Å². The first-order valence-corrected chi connectivity index (χ1v) is 18.2. The minimum absolute atomic E-state index is 0.0423. The van der Waals surface area contributed by atoms with Crippen LogP contribution in [-0.4, -0.2) is 4.57 Å². The van der Waals surface area contributed by atoms with Crippen molar-refractivity contribution in [3.8, 4) is 50.2 Å². The summed E-state index contributed by atoms with van der Waals surface area (Å²) in [4.78, 5) is 0.838. The first-order valence-electron chi connectivity index (χ1n) is 24.2. The van der Waals surface area contributed by atoms with Gasteiger partial charge in [-0.2, -0.15) is 0 Å². The Morgan fingerprint density at radius 3 is 1.12 bits per heavy atom. The summed E-state index contributed by atoms with van der Waals surface area (Å²) in [6, 6.07) is 41.3. The number of hydrogen-bond donors (Lipinski definition) is 0. The summed E-state index contributed by atoms with van der Waals surface area (Å²) in [5.74, 6) is 0. The molecule has 0 saturated heterocycles. The summed E-state index contributed by atoms with van der Waals surface area (Å²) in [5, 5.41) is 2.23. The van der Waals surface area contributed by atoms with Crippen LogP contribution in [-0.2, 0) is 0 Å². The Labute approximate surface area is 344 Å². The Morgan fingerprint density at radius 2 is 0.661 bits per heavy atom. The van der Waals surface area contributed by atoms with Crippen LogP contribution in [0.5, 0.6) is 0 Å². The Hall–Kier alpha value is -7.42. The zero-order chi connectivity index (χ0) is 47.7. The highest BCUT2D eigenvalue weighted by Crippen LogP contribution is 2.39. The van der Waals surface area contributed by atoms with E-state index in [1.807, 2.05) is 54.6 Å². The van der Waals surface area contributed by atoms with Gasteiger partial charge in [0.2, 0.25) is 0 Å². The molecule has 1 aromatic heterocycles. The van der Waals surface area contributed by atoms with Crippen LogP contribution in [0.25, 0.3) is 72.0 Å². The first-order chi connectivity index (χ1) is 32.8. The lowest BCUT2D eigenvalue weighted by atomic mass is 9.98. The summed E-state index contributed by atoms with van der Waals surface area (Å²) in [6.07, 6.45) is 0. The number of nitrogens with zero attached hydrogens (tertiary/aromatic N) is 2. The molecule has 0 unspecified atom stereocenters. The zero-order valence-corrected chi connectivity index (χ0v) is 29.9. The number of anilines is 3. The zero-order valence-electron chi connectivity index (χ0n) is 41.9. The maximum absolute atomic E-state index is 9.55. The van der Waals surface area contributed by atoms with Gasteiger partial charge in [0.15, 0.2) is 0 Å². The normalized spacial score (nSPS) is 14.2. The van der Waals surface area contributed by atoms with E-state index >= 15 is 0 Å². The van der Waals surface area contributed by atoms with Crippen LogP contribution in [0.3, 0.4) is 0 Å². The summed E-state index contributed by atoms with van der Waals surface area (Å²) in [5.41, 5.74) is 3.98. The van der Waals surface area contributed by atoms with Crippen LogP contribution in [0.2, 0.25) is 0 Å². The van der Waals surface area contributed by atoms with Crippen molar-refractivity contribution in [2.45, 2.75) is 0 Å². The fraction of sp³-hybridized carbons (Fsp3) is 0. The summed E-state index contributed by atoms with van der Waals surface area (Å²) < 4.78 is 114. The molecule has 0 aliphatic carbocycles. The number of benzene rings is 9. The molecule has 0 radical (unpaired) electrons. The molecule has 2 nitrogen and oxygen atoms in total. The van der Waals surface area contributed by atoms with E-state index in [-0.39, 0.29) is 16.7 Å². The van der Waals surface area contributed by atoms with Crippen molar-refractivity contribution in [1.29, 1.82) is 0 Å². The molecule has 0 atom stereocenters. The Morgan fingerprint density at radius 1 is 0.304 bits per heavy atom. The van der Waals surface area contributed by atoms with Crippen molar-refractivity contribution >= 4 is 38.9 Å². The van der Waals surface area contributed by atoms with Crippen LogP contribution < -0.4 is 4.90 Å². The molecule has 0 bridgehead atoms. The molecular formula is C54H38N2. The number of rotatable bonds is 8. The van der Waals surface area contributed by atoms with E-state index in [9.17, 15) is 11.0 Å². The number of fused-ring (bicyclic) bond motifs is 3. The van der Waals surface area contributed by atoms with E-state index in [1.165, 1.54) is 0 Å². The fourth-order valence-corrected chi connectivity index (χ4v) is 7.14.